The molecule has 0 fully saturated rings. The number of hydrogen-bond acceptors (Lipinski definition) is 0. The fraction of sp³-hybridized carbons (Fsp3) is 0.0625. The van der Waals surface area contributed by atoms with Crippen molar-refractivity contribution in [2.24, 2.45) is 0 Å². The van der Waals surface area contributed by atoms with Crippen LogP contribution in [-0.2, 0) is 0 Å². The second-order valence-corrected chi connectivity index (χ2v) is 10.0. The van der Waals surface area contributed by atoms with Gasteiger partial charge in [-0.25, -0.2) is 35.1 Å². The lowest BCUT2D eigenvalue weighted by Crippen LogP contribution is -2.75. The van der Waals surface area contributed by atoms with Crippen LogP contribution in [0.5, 0.6) is 0 Å². The highest BCUT2D eigenvalue weighted by molar-refractivity contribution is 7.19. The maximum Gasteiger partial charge on any atom is 0.133 e. The molecule has 0 aliphatic rings. The molecular weight excluding hydrogens is 561 g/mol. The molecule has 5 aromatic rings. The molecule has 0 saturated heterocycles. The van der Waals surface area contributed by atoms with Gasteiger partial charge in [-0.2, -0.15) is 21.9 Å². The average molecular weight is 585 g/mol. The zero-order valence-electron chi connectivity index (χ0n) is 22.5. The van der Waals surface area contributed by atoms with Gasteiger partial charge in [-0.05, 0) is 13.8 Å². The van der Waals surface area contributed by atoms with Gasteiger partial charge in [0.2, 0.25) is 0 Å². The fourth-order valence-corrected chi connectivity index (χ4v) is 5.30. The summed E-state index contributed by atoms with van der Waals surface area (Å²) >= 11 is 0. The Morgan fingerprint density at radius 1 is 0.405 bits per heavy atom. The maximum atomic E-state index is 14.3. The van der Waals surface area contributed by atoms with Gasteiger partial charge in [0, 0.05) is 35.4 Å². The monoisotopic (exact) mass is 585 g/mol. The van der Waals surface area contributed by atoms with E-state index < -0.39 is 52.7 Å². The highest BCUT2D eigenvalue weighted by atomic mass is 19.2. The van der Waals surface area contributed by atoms with Gasteiger partial charge >= 0.3 is 0 Å². The molecule has 5 aromatic carbocycles. The van der Waals surface area contributed by atoms with Crippen molar-refractivity contribution in [1.29, 1.82) is 0 Å². The van der Waals surface area contributed by atoms with Crippen LogP contribution in [0, 0.1) is 60.4 Å². The van der Waals surface area contributed by atoms with Crippen LogP contribution in [0.25, 0.3) is 0 Å². The molecule has 5 rings (SSSR count). The molecule has 216 valence electrons. The van der Waals surface area contributed by atoms with E-state index in [1.165, 1.54) is 11.1 Å². The van der Waals surface area contributed by atoms with Crippen molar-refractivity contribution in [3.8, 4) is 0 Å². The van der Waals surface area contributed by atoms with E-state index in [1.54, 1.807) is 0 Å². The Hall–Kier alpha value is -4.44. The van der Waals surface area contributed by atoms with Crippen LogP contribution in [0.4, 0.5) is 40.8 Å². The van der Waals surface area contributed by atoms with Gasteiger partial charge in [-0.3, -0.25) is 0 Å². The smallest absolute Gasteiger partial charge is 0.133 e. The Labute approximate surface area is 237 Å². The molecule has 42 heavy (non-hydrogen) atoms. The minimum absolute atomic E-state index is 0.354. The quantitative estimate of drug-likeness (QED) is 0.218. The van der Waals surface area contributed by atoms with Crippen LogP contribution in [-0.4, -0.2) is 6.15 Å². The number of aryl methyl sites for hydroxylation is 2. The summed E-state index contributed by atoms with van der Waals surface area (Å²) in [5, 5.41) is 0. The molecule has 3 N–H and O–H groups in total. The molecule has 0 bridgehead atoms. The summed E-state index contributed by atoms with van der Waals surface area (Å²) in [5.41, 5.74) is 6.21. The highest BCUT2D eigenvalue weighted by Gasteiger charge is 2.35. The average Bonchev–Trinajstić information content (AvgIpc) is 2.86. The number of hydrogen-bond donors (Lipinski definition) is 1. The molecule has 0 heterocycles. The first-order valence-corrected chi connectivity index (χ1v) is 12.7. The Kier molecular flexibility index (Phi) is 8.87. The Morgan fingerprint density at radius 3 is 0.810 bits per heavy atom. The summed E-state index contributed by atoms with van der Waals surface area (Å²) in [6, 6.07) is 14.4. The number of benzene rings is 5. The molecule has 0 radical (unpaired) electrons. The van der Waals surface area contributed by atoms with Gasteiger partial charge in [-0.1, -0.05) is 66.7 Å². The van der Waals surface area contributed by atoms with E-state index in [-0.39, 0.29) is 21.9 Å². The largest absolute Gasteiger partial charge is 0.325 e. The van der Waals surface area contributed by atoms with Crippen LogP contribution in [0.15, 0.2) is 91.0 Å². The zero-order chi connectivity index (χ0) is 30.8. The van der Waals surface area contributed by atoms with Crippen molar-refractivity contribution < 1.29 is 40.9 Å². The molecule has 0 aliphatic carbocycles. The van der Waals surface area contributed by atoms with Crippen LogP contribution in [0.2, 0.25) is 0 Å². The van der Waals surface area contributed by atoms with Crippen molar-refractivity contribution in [3.05, 3.63) is 149 Å². The van der Waals surface area contributed by atoms with Gasteiger partial charge < -0.3 is 5.73 Å². The van der Waals surface area contributed by atoms with Gasteiger partial charge in [0.25, 0.3) is 0 Å². The summed E-state index contributed by atoms with van der Waals surface area (Å²) in [4.78, 5) is 0. The van der Waals surface area contributed by atoms with Crippen molar-refractivity contribution in [2.45, 2.75) is 13.8 Å². The Morgan fingerprint density at radius 2 is 0.619 bits per heavy atom. The van der Waals surface area contributed by atoms with Crippen LogP contribution < -0.4 is 27.6 Å². The van der Waals surface area contributed by atoms with Gasteiger partial charge in [0.1, 0.15) is 58.4 Å². The van der Waals surface area contributed by atoms with Crippen molar-refractivity contribution in [3.63, 3.8) is 0 Å². The van der Waals surface area contributed by atoms with Crippen LogP contribution in [0.3, 0.4) is 0 Å². The van der Waals surface area contributed by atoms with Crippen molar-refractivity contribution in [2.75, 3.05) is 0 Å². The summed E-state index contributed by atoms with van der Waals surface area (Å²) in [6.45, 7) is 4.16. The van der Waals surface area contributed by atoms with E-state index in [2.05, 4.69) is 37.8 Å². The topological polar surface area (TPSA) is 27.6 Å². The first kappa shape index (κ1) is 30.5. The summed E-state index contributed by atoms with van der Waals surface area (Å²) in [6.07, 6.45) is -3.29. The molecule has 0 amide bonds. The number of halogens is 8. The van der Waals surface area contributed by atoms with E-state index in [1.807, 2.05) is 0 Å². The molecule has 0 aromatic heterocycles. The standard InChI is InChI=1S/C24H12BF8.C8H11N/c26-17-1-13(2-18(27)9-17)25(14-3-19(28)10-20(29)4-14,15-5-21(30)11-22(31)6-15)16-7-23(32)12-24(33)8-16;1-6-4-3-5-7(2)8(6)9/h1-12H;3-5H,9H2,1-2H3/q-1;/p+1. The molecule has 1 nitrogen and oxygen atoms in total. The van der Waals surface area contributed by atoms with E-state index in [9.17, 15) is 35.1 Å². The second-order valence-electron chi connectivity index (χ2n) is 10.0. The number of rotatable bonds is 4. The summed E-state index contributed by atoms with van der Waals surface area (Å²) in [5.74, 6) is -8.99. The maximum absolute atomic E-state index is 14.3. The lowest BCUT2D eigenvalue weighted by atomic mass is 9.13. The summed E-state index contributed by atoms with van der Waals surface area (Å²) < 4.78 is 114. The van der Waals surface area contributed by atoms with Gasteiger partial charge in [0.15, 0.2) is 0 Å². The molecule has 0 atom stereocenters. The minimum Gasteiger partial charge on any atom is -0.325 e. The van der Waals surface area contributed by atoms with Gasteiger partial charge in [-0.15, -0.1) is 0 Å². The fourth-order valence-electron chi connectivity index (χ4n) is 5.30. The molecule has 0 spiro atoms. The molecule has 0 aliphatic heterocycles. The van der Waals surface area contributed by atoms with Crippen LogP contribution in [0.1, 0.15) is 11.1 Å². The Bertz CT molecular complexity index is 1460. The summed E-state index contributed by atoms with van der Waals surface area (Å²) in [7, 11) is 0. The second kappa shape index (κ2) is 12.2. The third-order valence-corrected chi connectivity index (χ3v) is 7.18. The highest BCUT2D eigenvalue weighted by Crippen LogP contribution is 2.17. The number of quaternary nitrogens is 1. The van der Waals surface area contributed by atoms with Crippen molar-refractivity contribution in [1.82, 2.24) is 0 Å². The Balaban J connectivity index is 0.000000385. The normalized spacial score (nSPS) is 11.2. The molecule has 10 heteroatoms. The predicted octanol–water partition coefficient (Wildman–Crippen LogP) is 5.35. The molecule has 0 saturated carbocycles. The molecular formula is C32H24BF8N. The molecule has 0 unspecified atom stereocenters. The minimum atomic E-state index is -3.29. The first-order chi connectivity index (χ1) is 19.8. The lowest BCUT2D eigenvalue weighted by Gasteiger charge is -2.44. The first-order valence-electron chi connectivity index (χ1n) is 12.7. The lowest BCUT2D eigenvalue weighted by molar-refractivity contribution is -0.256. The van der Waals surface area contributed by atoms with E-state index in [0.717, 1.165) is 54.2 Å². The van der Waals surface area contributed by atoms with Crippen molar-refractivity contribution >= 4 is 33.7 Å². The van der Waals surface area contributed by atoms with E-state index >= 15 is 0 Å². The third-order valence-electron chi connectivity index (χ3n) is 7.18. The van der Waals surface area contributed by atoms with Gasteiger partial charge in [0.05, 0.1) is 0 Å². The van der Waals surface area contributed by atoms with E-state index in [4.69, 9.17) is 0 Å². The third kappa shape index (κ3) is 6.39. The predicted molar refractivity (Wildman–Crippen MR) is 148 cm³/mol. The van der Waals surface area contributed by atoms with Crippen LogP contribution >= 0.6 is 0 Å². The zero-order valence-corrected chi connectivity index (χ0v) is 22.5. The van der Waals surface area contributed by atoms with E-state index in [0.29, 0.717) is 24.3 Å². The SMILES string of the molecule is Cc1cccc(C)c1[NH3+].Fc1cc(F)cc([B-](c2cc(F)cc(F)c2)(c2cc(F)cc(F)c2)c2cc(F)cc(F)c2)c1.